The zero-order valence-corrected chi connectivity index (χ0v) is 15.2. The third-order valence-electron chi connectivity index (χ3n) is 3.69. The highest BCUT2D eigenvalue weighted by atomic mass is 16.2. The van der Waals surface area contributed by atoms with Gasteiger partial charge in [0.1, 0.15) is 0 Å². The Morgan fingerprint density at radius 1 is 1.08 bits per heavy atom. The lowest BCUT2D eigenvalue weighted by Crippen LogP contribution is -2.40. The van der Waals surface area contributed by atoms with Gasteiger partial charge >= 0.3 is 0 Å². The quantitative estimate of drug-likeness (QED) is 0.911. The van der Waals surface area contributed by atoms with E-state index in [1.165, 1.54) is 0 Å². The molecular formula is C20H25N3O2. The van der Waals surface area contributed by atoms with E-state index in [1.807, 2.05) is 32.9 Å². The lowest BCUT2D eigenvalue weighted by Gasteiger charge is -2.21. The van der Waals surface area contributed by atoms with Crippen LogP contribution in [0.2, 0.25) is 0 Å². The predicted molar refractivity (Wildman–Crippen MR) is 98.6 cm³/mol. The van der Waals surface area contributed by atoms with E-state index in [9.17, 15) is 9.59 Å². The van der Waals surface area contributed by atoms with Gasteiger partial charge in [-0.1, -0.05) is 6.07 Å². The number of pyridine rings is 1. The topological polar surface area (TPSA) is 62.3 Å². The largest absolute Gasteiger partial charge is 0.347 e. The van der Waals surface area contributed by atoms with Crippen LogP contribution in [0.4, 0.5) is 0 Å². The molecule has 1 N–H and O–H groups in total. The van der Waals surface area contributed by atoms with E-state index in [4.69, 9.17) is 0 Å². The Kier molecular flexibility index (Phi) is 5.91. The zero-order chi connectivity index (χ0) is 18.4. The first kappa shape index (κ1) is 18.6. The molecule has 0 saturated carbocycles. The lowest BCUT2D eigenvalue weighted by atomic mass is 10.1. The number of hydrogen-bond donors (Lipinski definition) is 1. The Balaban J connectivity index is 2.03. The maximum Gasteiger partial charge on any atom is 0.253 e. The molecule has 0 atom stereocenters. The molecule has 0 radical (unpaired) electrons. The van der Waals surface area contributed by atoms with Gasteiger partial charge in [-0.25, -0.2) is 0 Å². The van der Waals surface area contributed by atoms with Crippen molar-refractivity contribution in [1.29, 1.82) is 0 Å². The third-order valence-corrected chi connectivity index (χ3v) is 3.69. The summed E-state index contributed by atoms with van der Waals surface area (Å²) in [6.45, 7) is 6.37. The van der Waals surface area contributed by atoms with E-state index in [2.05, 4.69) is 10.3 Å². The van der Waals surface area contributed by atoms with Crippen molar-refractivity contribution in [3.8, 4) is 0 Å². The molecule has 1 heterocycles. The number of aromatic nitrogens is 1. The van der Waals surface area contributed by atoms with Crippen LogP contribution in [-0.2, 0) is 6.42 Å². The van der Waals surface area contributed by atoms with Gasteiger partial charge in [0.2, 0.25) is 0 Å². The third kappa shape index (κ3) is 5.71. The molecule has 2 amide bonds. The second-order valence-electron chi connectivity index (χ2n) is 7.12. The highest BCUT2D eigenvalue weighted by Gasteiger charge is 2.17. The number of nitrogens with one attached hydrogen (secondary N) is 1. The van der Waals surface area contributed by atoms with Crippen molar-refractivity contribution in [3.63, 3.8) is 0 Å². The van der Waals surface area contributed by atoms with Gasteiger partial charge in [0.25, 0.3) is 11.8 Å². The van der Waals surface area contributed by atoms with Gasteiger partial charge in [0.05, 0.1) is 0 Å². The van der Waals surface area contributed by atoms with E-state index in [0.717, 1.165) is 12.0 Å². The van der Waals surface area contributed by atoms with Gasteiger partial charge < -0.3 is 10.2 Å². The van der Waals surface area contributed by atoms with Gasteiger partial charge in [-0.05, 0) is 63.1 Å². The summed E-state index contributed by atoms with van der Waals surface area (Å²) in [5.41, 5.74) is 1.81. The number of hydrogen-bond acceptors (Lipinski definition) is 3. The van der Waals surface area contributed by atoms with Crippen molar-refractivity contribution in [2.75, 3.05) is 13.6 Å². The monoisotopic (exact) mass is 339 g/mol. The summed E-state index contributed by atoms with van der Waals surface area (Å²) in [6.07, 6.45) is 4.25. The van der Waals surface area contributed by atoms with Gasteiger partial charge in [0, 0.05) is 42.7 Å². The Hall–Kier alpha value is -2.69. The minimum atomic E-state index is -0.321. The molecule has 0 saturated heterocycles. The molecule has 132 valence electrons. The van der Waals surface area contributed by atoms with Crippen LogP contribution in [0.3, 0.4) is 0 Å². The molecule has 0 aliphatic rings. The number of amides is 2. The van der Waals surface area contributed by atoms with Crippen LogP contribution in [0.1, 0.15) is 47.1 Å². The van der Waals surface area contributed by atoms with Crippen molar-refractivity contribution >= 4 is 11.8 Å². The van der Waals surface area contributed by atoms with Gasteiger partial charge in [0.15, 0.2) is 0 Å². The van der Waals surface area contributed by atoms with Crippen molar-refractivity contribution in [2.24, 2.45) is 0 Å². The fraction of sp³-hybridized carbons (Fsp3) is 0.350. The van der Waals surface area contributed by atoms with Crippen molar-refractivity contribution in [2.45, 2.75) is 32.7 Å². The fourth-order valence-corrected chi connectivity index (χ4v) is 2.37. The lowest BCUT2D eigenvalue weighted by molar-refractivity contribution is 0.0796. The molecule has 0 unspecified atom stereocenters. The number of likely N-dealkylation sites (N-methyl/N-ethyl adjacent to an activating group) is 1. The smallest absolute Gasteiger partial charge is 0.253 e. The number of nitrogens with zero attached hydrogens (tertiary/aromatic N) is 2. The van der Waals surface area contributed by atoms with Gasteiger partial charge in [-0.3, -0.25) is 14.6 Å². The summed E-state index contributed by atoms with van der Waals surface area (Å²) in [4.78, 5) is 30.5. The van der Waals surface area contributed by atoms with Crippen LogP contribution in [-0.4, -0.2) is 40.8 Å². The molecular weight excluding hydrogens is 314 g/mol. The molecule has 2 aromatic rings. The van der Waals surface area contributed by atoms with Crippen LogP contribution in [0.5, 0.6) is 0 Å². The second kappa shape index (κ2) is 7.92. The Morgan fingerprint density at radius 3 is 2.36 bits per heavy atom. The minimum absolute atomic E-state index is 0.0977. The van der Waals surface area contributed by atoms with Crippen LogP contribution >= 0.6 is 0 Å². The van der Waals surface area contributed by atoms with E-state index >= 15 is 0 Å². The average Bonchev–Trinajstić information content (AvgIpc) is 2.58. The van der Waals surface area contributed by atoms with E-state index in [0.29, 0.717) is 17.7 Å². The van der Waals surface area contributed by atoms with Crippen molar-refractivity contribution in [1.82, 2.24) is 15.2 Å². The molecule has 0 bridgehead atoms. The number of carbonyl (C=O) groups excluding carboxylic acids is 2. The molecule has 0 spiro atoms. The first-order chi connectivity index (χ1) is 11.8. The summed E-state index contributed by atoms with van der Waals surface area (Å²) in [7, 11) is 1.77. The molecule has 1 aromatic carbocycles. The molecule has 0 aliphatic heterocycles. The summed E-state index contributed by atoms with van der Waals surface area (Å²) in [5, 5.41) is 2.91. The highest BCUT2D eigenvalue weighted by Crippen LogP contribution is 2.10. The fourth-order valence-electron chi connectivity index (χ4n) is 2.37. The standard InChI is InChI=1S/C20H25N3O2/c1-20(2,3)22-18(24)16-6-5-7-17(14-16)19(25)23(4)13-10-15-8-11-21-12-9-15/h5-9,11-12,14H,10,13H2,1-4H3,(H,22,24). The van der Waals surface area contributed by atoms with Crippen LogP contribution in [0.15, 0.2) is 48.8 Å². The normalized spacial score (nSPS) is 11.0. The van der Waals surface area contributed by atoms with Crippen LogP contribution < -0.4 is 5.32 Å². The SMILES string of the molecule is CN(CCc1ccncc1)C(=O)c1cccc(C(=O)NC(C)(C)C)c1. The summed E-state index contributed by atoms with van der Waals surface area (Å²) in [6, 6.07) is 10.7. The number of benzene rings is 1. The van der Waals surface area contributed by atoms with Crippen LogP contribution in [0, 0.1) is 0 Å². The van der Waals surface area contributed by atoms with E-state index in [-0.39, 0.29) is 17.4 Å². The Labute approximate surface area is 149 Å². The maximum atomic E-state index is 12.6. The van der Waals surface area contributed by atoms with E-state index in [1.54, 1.807) is 48.6 Å². The molecule has 0 aliphatic carbocycles. The number of carbonyl (C=O) groups is 2. The van der Waals surface area contributed by atoms with Gasteiger partial charge in [-0.15, -0.1) is 0 Å². The summed E-state index contributed by atoms with van der Waals surface area (Å²) < 4.78 is 0. The molecule has 1 aromatic heterocycles. The van der Waals surface area contributed by atoms with E-state index < -0.39 is 0 Å². The summed E-state index contributed by atoms with van der Waals surface area (Å²) in [5.74, 6) is -0.277. The zero-order valence-electron chi connectivity index (χ0n) is 15.2. The summed E-state index contributed by atoms with van der Waals surface area (Å²) >= 11 is 0. The predicted octanol–water partition coefficient (Wildman–Crippen LogP) is 2.92. The molecule has 0 fully saturated rings. The minimum Gasteiger partial charge on any atom is -0.347 e. The maximum absolute atomic E-state index is 12.6. The molecule has 5 heteroatoms. The highest BCUT2D eigenvalue weighted by molar-refractivity contribution is 5.99. The first-order valence-electron chi connectivity index (χ1n) is 8.33. The molecule has 2 rings (SSSR count). The Bertz CT molecular complexity index is 736. The average molecular weight is 339 g/mol. The van der Waals surface area contributed by atoms with Crippen LogP contribution in [0.25, 0.3) is 0 Å². The van der Waals surface area contributed by atoms with Gasteiger partial charge in [-0.2, -0.15) is 0 Å². The number of rotatable bonds is 5. The second-order valence-corrected chi connectivity index (χ2v) is 7.12. The molecule has 5 nitrogen and oxygen atoms in total. The van der Waals surface area contributed by atoms with Crippen molar-refractivity contribution in [3.05, 3.63) is 65.5 Å². The first-order valence-corrected chi connectivity index (χ1v) is 8.33. The molecule has 25 heavy (non-hydrogen) atoms. The van der Waals surface area contributed by atoms with Crippen molar-refractivity contribution < 1.29 is 9.59 Å². The Morgan fingerprint density at radius 2 is 1.72 bits per heavy atom.